The second-order valence-electron chi connectivity index (χ2n) is 4.40. The lowest BCUT2D eigenvalue weighted by atomic mass is 10.1. The highest BCUT2D eigenvalue weighted by molar-refractivity contribution is 7.12. The van der Waals surface area contributed by atoms with E-state index < -0.39 is 5.97 Å². The Morgan fingerprint density at radius 3 is 2.95 bits per heavy atom. The first-order valence-electron chi connectivity index (χ1n) is 6.21. The van der Waals surface area contributed by atoms with Gasteiger partial charge in [-0.2, -0.15) is 0 Å². The van der Waals surface area contributed by atoms with Crippen molar-refractivity contribution in [2.75, 3.05) is 7.11 Å². The highest BCUT2D eigenvalue weighted by atomic mass is 32.1. The van der Waals surface area contributed by atoms with Crippen LogP contribution in [0, 0.1) is 6.57 Å². The number of ether oxygens (including phenoxy) is 1. The summed E-state index contributed by atoms with van der Waals surface area (Å²) in [6, 6.07) is 5.06. The third-order valence-electron chi connectivity index (χ3n) is 3.13. The molecule has 0 saturated heterocycles. The van der Waals surface area contributed by atoms with E-state index in [1.807, 2.05) is 0 Å². The molecule has 2 heterocycles. The molecule has 1 aromatic carbocycles. The second kappa shape index (κ2) is 5.42. The highest BCUT2D eigenvalue weighted by Gasteiger charge is 2.20. The Kier molecular flexibility index (Phi) is 3.45. The molecule has 1 N–H and O–H groups in total. The molecule has 22 heavy (non-hydrogen) atoms. The third kappa shape index (κ3) is 2.25. The summed E-state index contributed by atoms with van der Waals surface area (Å²) in [7, 11) is 1.26. The summed E-state index contributed by atoms with van der Waals surface area (Å²) in [5, 5.41) is 2.42. The number of thiazole rings is 1. The number of aromatic nitrogens is 2. The minimum Gasteiger partial charge on any atom is -0.464 e. The van der Waals surface area contributed by atoms with Gasteiger partial charge in [0.2, 0.25) is 5.78 Å². The quantitative estimate of drug-likeness (QED) is 0.458. The third-order valence-corrected chi connectivity index (χ3v) is 3.97. The maximum absolute atomic E-state index is 12.5. The molecular weight excluding hydrogens is 302 g/mol. The van der Waals surface area contributed by atoms with Gasteiger partial charge in [-0.1, -0.05) is 12.1 Å². The summed E-state index contributed by atoms with van der Waals surface area (Å²) < 4.78 is 4.58. The molecule has 0 unspecified atom stereocenters. The first-order chi connectivity index (χ1) is 10.6. The largest absolute Gasteiger partial charge is 0.464 e. The number of aromatic amines is 1. The fraction of sp³-hybridized carbons (Fsp3) is 0.0667. The van der Waals surface area contributed by atoms with Crippen molar-refractivity contribution < 1.29 is 14.3 Å². The van der Waals surface area contributed by atoms with Crippen LogP contribution in [0.3, 0.4) is 0 Å². The molecule has 0 amide bonds. The number of hydrogen-bond donors (Lipinski definition) is 1. The van der Waals surface area contributed by atoms with Crippen LogP contribution in [0.5, 0.6) is 0 Å². The van der Waals surface area contributed by atoms with Gasteiger partial charge in [-0.3, -0.25) is 4.79 Å². The fourth-order valence-electron chi connectivity index (χ4n) is 2.06. The summed E-state index contributed by atoms with van der Waals surface area (Å²) >= 11 is 1.09. The van der Waals surface area contributed by atoms with Crippen molar-refractivity contribution in [3.8, 4) is 0 Å². The molecule has 3 rings (SSSR count). The Bertz CT molecular complexity index is 933. The zero-order valence-corrected chi connectivity index (χ0v) is 12.2. The normalized spacial score (nSPS) is 10.4. The highest BCUT2D eigenvalue weighted by Crippen LogP contribution is 2.26. The SMILES string of the molecule is [C-]#[N+]c1ccc2c(C(=O)c3nc(C(=O)OC)cs3)c[nH]c2c1. The van der Waals surface area contributed by atoms with E-state index in [0.29, 0.717) is 22.2 Å². The van der Waals surface area contributed by atoms with E-state index >= 15 is 0 Å². The van der Waals surface area contributed by atoms with Crippen molar-refractivity contribution in [2.24, 2.45) is 0 Å². The second-order valence-corrected chi connectivity index (χ2v) is 5.26. The smallest absolute Gasteiger partial charge is 0.357 e. The molecule has 0 bridgehead atoms. The molecule has 0 fully saturated rings. The van der Waals surface area contributed by atoms with Crippen molar-refractivity contribution in [3.63, 3.8) is 0 Å². The average molecular weight is 311 g/mol. The summed E-state index contributed by atoms with van der Waals surface area (Å²) in [5.74, 6) is -0.849. The Balaban J connectivity index is 2.00. The van der Waals surface area contributed by atoms with E-state index in [9.17, 15) is 9.59 Å². The molecule has 0 radical (unpaired) electrons. The maximum Gasteiger partial charge on any atom is 0.357 e. The van der Waals surface area contributed by atoms with Crippen LogP contribution < -0.4 is 0 Å². The van der Waals surface area contributed by atoms with Gasteiger partial charge in [-0.25, -0.2) is 14.6 Å². The van der Waals surface area contributed by atoms with Crippen LogP contribution in [0.4, 0.5) is 5.69 Å². The van der Waals surface area contributed by atoms with Gasteiger partial charge in [0.05, 0.1) is 19.2 Å². The van der Waals surface area contributed by atoms with Crippen LogP contribution in [0.25, 0.3) is 15.7 Å². The molecule has 0 saturated carbocycles. The summed E-state index contributed by atoms with van der Waals surface area (Å²) in [5.41, 5.74) is 1.78. The number of nitrogens with one attached hydrogen (secondary N) is 1. The Hall–Kier alpha value is -2.98. The summed E-state index contributed by atoms with van der Waals surface area (Å²) in [4.78, 5) is 34.2. The van der Waals surface area contributed by atoms with E-state index in [4.69, 9.17) is 6.57 Å². The summed E-state index contributed by atoms with van der Waals surface area (Å²) in [6.07, 6.45) is 1.58. The molecule has 6 nitrogen and oxygen atoms in total. The lowest BCUT2D eigenvalue weighted by Crippen LogP contribution is -2.04. The molecule has 0 aliphatic rings. The molecule has 0 spiro atoms. The van der Waals surface area contributed by atoms with Gasteiger partial charge in [0.25, 0.3) is 0 Å². The molecule has 3 aromatic rings. The van der Waals surface area contributed by atoms with Crippen molar-refractivity contribution in [3.05, 3.63) is 57.5 Å². The lowest BCUT2D eigenvalue weighted by molar-refractivity contribution is 0.0595. The van der Waals surface area contributed by atoms with Gasteiger partial charge in [0.1, 0.15) is 0 Å². The van der Waals surface area contributed by atoms with Gasteiger partial charge < -0.3 is 9.72 Å². The Morgan fingerprint density at radius 1 is 1.41 bits per heavy atom. The zero-order valence-electron chi connectivity index (χ0n) is 11.4. The van der Waals surface area contributed by atoms with Crippen LogP contribution in [0.15, 0.2) is 29.8 Å². The fourth-order valence-corrected chi connectivity index (χ4v) is 2.80. The van der Waals surface area contributed by atoms with E-state index in [-0.39, 0.29) is 16.5 Å². The molecule has 0 aliphatic heterocycles. The van der Waals surface area contributed by atoms with Gasteiger partial charge in [-0.15, -0.1) is 11.3 Å². The van der Waals surface area contributed by atoms with Gasteiger partial charge in [-0.05, 0) is 6.07 Å². The maximum atomic E-state index is 12.5. The minimum atomic E-state index is -0.573. The van der Waals surface area contributed by atoms with Crippen LogP contribution in [-0.4, -0.2) is 28.8 Å². The lowest BCUT2D eigenvalue weighted by Gasteiger charge is -1.96. The number of hydrogen-bond acceptors (Lipinski definition) is 5. The van der Waals surface area contributed by atoms with E-state index in [0.717, 1.165) is 11.3 Å². The van der Waals surface area contributed by atoms with Gasteiger partial charge >= 0.3 is 5.97 Å². The van der Waals surface area contributed by atoms with Crippen molar-refractivity contribution in [2.45, 2.75) is 0 Å². The zero-order chi connectivity index (χ0) is 15.7. The summed E-state index contributed by atoms with van der Waals surface area (Å²) in [6.45, 7) is 7.00. The number of carbonyl (C=O) groups excluding carboxylic acids is 2. The van der Waals surface area contributed by atoms with Crippen LogP contribution in [0.2, 0.25) is 0 Å². The van der Waals surface area contributed by atoms with E-state index in [1.165, 1.54) is 12.5 Å². The van der Waals surface area contributed by atoms with Crippen molar-refractivity contribution >= 4 is 39.7 Å². The predicted octanol–water partition coefficient (Wildman–Crippen LogP) is 3.19. The molecule has 0 aliphatic carbocycles. The number of benzene rings is 1. The Labute approximate surface area is 129 Å². The number of carbonyl (C=O) groups is 2. The van der Waals surface area contributed by atoms with E-state index in [1.54, 1.807) is 24.4 Å². The standard InChI is InChI=1S/C15H9N3O3S/c1-16-8-3-4-9-10(6-17-11(9)5-8)13(19)14-18-12(7-22-14)15(20)21-2/h3-7,17H,2H3. The predicted molar refractivity (Wildman–Crippen MR) is 81.4 cm³/mol. The van der Waals surface area contributed by atoms with Gasteiger partial charge in [0, 0.05) is 22.5 Å². The number of methoxy groups -OCH3 is 1. The van der Waals surface area contributed by atoms with Crippen LogP contribution in [0.1, 0.15) is 25.9 Å². The molecule has 108 valence electrons. The molecular formula is C15H9N3O3S. The number of esters is 1. The first-order valence-corrected chi connectivity index (χ1v) is 7.09. The number of fused-ring (bicyclic) bond motifs is 1. The minimum absolute atomic E-state index is 0.117. The van der Waals surface area contributed by atoms with Gasteiger partial charge in [0.15, 0.2) is 16.4 Å². The number of nitrogens with zero attached hydrogens (tertiary/aromatic N) is 2. The number of ketones is 1. The monoisotopic (exact) mass is 311 g/mol. The first kappa shape index (κ1) is 14.0. The molecule has 2 aromatic heterocycles. The molecule has 7 heteroatoms. The van der Waals surface area contributed by atoms with Crippen molar-refractivity contribution in [1.29, 1.82) is 0 Å². The van der Waals surface area contributed by atoms with Crippen molar-refractivity contribution in [1.82, 2.24) is 9.97 Å². The van der Waals surface area contributed by atoms with E-state index in [2.05, 4.69) is 19.5 Å². The van der Waals surface area contributed by atoms with Crippen LogP contribution >= 0.6 is 11.3 Å². The Morgan fingerprint density at radius 2 is 2.23 bits per heavy atom. The topological polar surface area (TPSA) is 76.4 Å². The number of rotatable bonds is 3. The van der Waals surface area contributed by atoms with Crippen LogP contribution in [-0.2, 0) is 4.74 Å². The average Bonchev–Trinajstić information content (AvgIpc) is 3.19. The molecule has 0 atom stereocenters. The number of H-pyrrole nitrogens is 1.